The van der Waals surface area contributed by atoms with Crippen LogP contribution in [0.15, 0.2) is 42.5 Å². The van der Waals surface area contributed by atoms with Crippen molar-refractivity contribution in [1.29, 1.82) is 0 Å². The summed E-state index contributed by atoms with van der Waals surface area (Å²) in [6.07, 6.45) is 8.30. The third kappa shape index (κ3) is 13.4. The van der Waals surface area contributed by atoms with E-state index in [-0.39, 0.29) is 0 Å². The molecular weight excluding hydrogens is 444 g/mol. The van der Waals surface area contributed by atoms with E-state index in [4.69, 9.17) is 4.74 Å². The van der Waals surface area contributed by atoms with E-state index in [0.717, 1.165) is 70.9 Å². The van der Waals surface area contributed by atoms with Crippen LogP contribution in [0.3, 0.4) is 0 Å². The number of nitrogens with zero attached hydrogens (tertiary/aromatic N) is 2. The van der Waals surface area contributed by atoms with E-state index in [1.54, 1.807) is 0 Å². The van der Waals surface area contributed by atoms with Gasteiger partial charge in [0.05, 0.1) is 6.61 Å². The van der Waals surface area contributed by atoms with E-state index in [0.29, 0.717) is 0 Å². The molecule has 0 unspecified atom stereocenters. The fourth-order valence-electron chi connectivity index (χ4n) is 4.47. The molecule has 0 aromatic heterocycles. The van der Waals surface area contributed by atoms with Gasteiger partial charge in [0.1, 0.15) is 5.75 Å². The number of aryl methyl sites for hydroxylation is 2. The zero-order valence-corrected chi connectivity index (χ0v) is 23.7. The van der Waals surface area contributed by atoms with Gasteiger partial charge in [0, 0.05) is 24.2 Å². The zero-order valence-electron chi connectivity index (χ0n) is 23.7. The summed E-state index contributed by atoms with van der Waals surface area (Å²) in [5, 5.41) is 7.28. The van der Waals surface area contributed by atoms with Crippen molar-refractivity contribution >= 4 is 0 Å². The SMILES string of the molecule is Cc1cc(CNCCCN(C)C)c(OCCCCCCc2ccccc2)c(CNCCCN(C)C)c1. The maximum atomic E-state index is 6.48. The normalized spacial score (nSPS) is 11.5. The highest BCUT2D eigenvalue weighted by Gasteiger charge is 2.12. The molecule has 5 heteroatoms. The summed E-state index contributed by atoms with van der Waals surface area (Å²) in [5.41, 5.74) is 5.32. The lowest BCUT2D eigenvalue weighted by atomic mass is 10.0. The van der Waals surface area contributed by atoms with Crippen LogP contribution < -0.4 is 15.4 Å². The quantitative estimate of drug-likeness (QED) is 0.245. The highest BCUT2D eigenvalue weighted by atomic mass is 16.5. The fourth-order valence-corrected chi connectivity index (χ4v) is 4.47. The van der Waals surface area contributed by atoms with Crippen LogP contribution in [0.4, 0.5) is 0 Å². The number of benzene rings is 2. The molecule has 36 heavy (non-hydrogen) atoms. The van der Waals surface area contributed by atoms with E-state index in [2.05, 4.69) is 98.0 Å². The van der Waals surface area contributed by atoms with Crippen LogP contribution in [-0.4, -0.2) is 70.8 Å². The van der Waals surface area contributed by atoms with Crippen LogP contribution in [0.25, 0.3) is 0 Å². The Morgan fingerprint density at radius 2 is 1.25 bits per heavy atom. The Morgan fingerprint density at radius 3 is 1.81 bits per heavy atom. The van der Waals surface area contributed by atoms with E-state index in [1.165, 1.54) is 47.9 Å². The van der Waals surface area contributed by atoms with E-state index < -0.39 is 0 Å². The highest BCUT2D eigenvalue weighted by molar-refractivity contribution is 5.44. The summed E-state index contributed by atoms with van der Waals surface area (Å²) in [7, 11) is 8.52. The molecule has 0 aliphatic carbocycles. The lowest BCUT2D eigenvalue weighted by molar-refractivity contribution is 0.297. The van der Waals surface area contributed by atoms with Crippen LogP contribution in [0, 0.1) is 6.92 Å². The number of nitrogens with one attached hydrogen (secondary N) is 2. The lowest BCUT2D eigenvalue weighted by Crippen LogP contribution is -2.23. The summed E-state index contributed by atoms with van der Waals surface area (Å²) in [5.74, 6) is 1.09. The minimum atomic E-state index is 0.787. The van der Waals surface area contributed by atoms with Crippen molar-refractivity contribution in [1.82, 2.24) is 20.4 Å². The first kappa shape index (κ1) is 30.3. The Balaban J connectivity index is 1.87. The largest absolute Gasteiger partial charge is 0.493 e. The number of hydrogen-bond acceptors (Lipinski definition) is 5. The minimum Gasteiger partial charge on any atom is -0.493 e. The molecule has 2 rings (SSSR count). The summed E-state index contributed by atoms with van der Waals surface area (Å²) in [6.45, 7) is 8.95. The van der Waals surface area contributed by atoms with Crippen molar-refractivity contribution in [3.05, 3.63) is 64.7 Å². The number of hydrogen-bond donors (Lipinski definition) is 2. The lowest BCUT2D eigenvalue weighted by Gasteiger charge is -2.19. The Hall–Kier alpha value is -1.92. The number of unbranched alkanes of at least 4 members (excludes halogenated alkanes) is 3. The first-order valence-electron chi connectivity index (χ1n) is 14.0. The van der Waals surface area contributed by atoms with Gasteiger partial charge >= 0.3 is 0 Å². The fraction of sp³-hybridized carbons (Fsp3) is 0.613. The van der Waals surface area contributed by atoms with Crippen molar-refractivity contribution in [2.45, 2.75) is 65.0 Å². The standard InChI is InChI=1S/C31H52N4O/c1-27-23-29(25-32-18-13-20-34(2)3)31(30(24-27)26-33-19-14-21-35(4)5)36-22-12-7-6-9-15-28-16-10-8-11-17-28/h8,10-11,16-17,23-24,32-33H,6-7,9,12-15,18-22,25-26H2,1-5H3. The summed E-state index contributed by atoms with van der Waals surface area (Å²) in [4.78, 5) is 4.48. The second-order valence-electron chi connectivity index (χ2n) is 10.6. The maximum Gasteiger partial charge on any atom is 0.128 e. The van der Waals surface area contributed by atoms with Crippen LogP contribution in [0.1, 0.15) is 60.8 Å². The molecule has 0 saturated heterocycles. The Morgan fingerprint density at radius 1 is 0.694 bits per heavy atom. The predicted molar refractivity (Wildman–Crippen MR) is 155 cm³/mol. The van der Waals surface area contributed by atoms with Gasteiger partial charge in [-0.2, -0.15) is 0 Å². The van der Waals surface area contributed by atoms with Gasteiger partial charge in [0.15, 0.2) is 0 Å². The highest BCUT2D eigenvalue weighted by Crippen LogP contribution is 2.27. The third-order valence-corrected chi connectivity index (χ3v) is 6.38. The third-order valence-electron chi connectivity index (χ3n) is 6.38. The van der Waals surface area contributed by atoms with Gasteiger partial charge in [-0.15, -0.1) is 0 Å². The molecule has 0 radical (unpaired) electrons. The molecule has 0 saturated carbocycles. The minimum absolute atomic E-state index is 0.787. The van der Waals surface area contributed by atoms with E-state index in [9.17, 15) is 0 Å². The van der Waals surface area contributed by atoms with Crippen molar-refractivity contribution in [3.8, 4) is 5.75 Å². The van der Waals surface area contributed by atoms with E-state index in [1.807, 2.05) is 0 Å². The molecule has 0 amide bonds. The maximum absolute atomic E-state index is 6.48. The number of rotatable bonds is 20. The molecule has 0 aliphatic rings. The van der Waals surface area contributed by atoms with Crippen molar-refractivity contribution in [2.24, 2.45) is 0 Å². The van der Waals surface area contributed by atoms with Gasteiger partial charge < -0.3 is 25.2 Å². The predicted octanol–water partition coefficient (Wildman–Crippen LogP) is 5.26. The van der Waals surface area contributed by atoms with E-state index >= 15 is 0 Å². The van der Waals surface area contributed by atoms with Crippen molar-refractivity contribution < 1.29 is 4.74 Å². The smallest absolute Gasteiger partial charge is 0.128 e. The first-order valence-corrected chi connectivity index (χ1v) is 14.0. The first-order chi connectivity index (χ1) is 17.5. The molecule has 5 nitrogen and oxygen atoms in total. The van der Waals surface area contributed by atoms with Gasteiger partial charge in [-0.25, -0.2) is 0 Å². The molecule has 2 aromatic carbocycles. The van der Waals surface area contributed by atoms with Crippen LogP contribution in [0.5, 0.6) is 5.75 Å². The van der Waals surface area contributed by atoms with Crippen molar-refractivity contribution in [3.63, 3.8) is 0 Å². The molecule has 202 valence electrons. The molecule has 0 heterocycles. The topological polar surface area (TPSA) is 39.8 Å². The zero-order chi connectivity index (χ0) is 26.0. The van der Waals surface area contributed by atoms with Crippen LogP contribution >= 0.6 is 0 Å². The second-order valence-corrected chi connectivity index (χ2v) is 10.6. The van der Waals surface area contributed by atoms with Gasteiger partial charge in [-0.05, 0) is 99.0 Å². The molecule has 2 aromatic rings. The average molecular weight is 497 g/mol. The monoisotopic (exact) mass is 496 g/mol. The molecule has 0 bridgehead atoms. The summed E-state index contributed by atoms with van der Waals surface area (Å²) < 4.78 is 6.48. The van der Waals surface area contributed by atoms with Crippen LogP contribution in [0.2, 0.25) is 0 Å². The van der Waals surface area contributed by atoms with Crippen molar-refractivity contribution in [2.75, 3.05) is 61.0 Å². The van der Waals surface area contributed by atoms with Crippen LogP contribution in [-0.2, 0) is 19.5 Å². The van der Waals surface area contributed by atoms with Gasteiger partial charge in [-0.1, -0.05) is 60.9 Å². The molecular formula is C31H52N4O. The van der Waals surface area contributed by atoms with Gasteiger partial charge in [0.2, 0.25) is 0 Å². The molecule has 0 spiro atoms. The molecule has 0 fully saturated rings. The summed E-state index contributed by atoms with van der Waals surface area (Å²) in [6, 6.07) is 15.4. The molecule has 0 atom stereocenters. The Bertz CT molecular complexity index is 784. The van der Waals surface area contributed by atoms with Gasteiger partial charge in [0.25, 0.3) is 0 Å². The molecule has 0 aliphatic heterocycles. The summed E-state index contributed by atoms with van der Waals surface area (Å²) >= 11 is 0. The molecule has 2 N–H and O–H groups in total. The number of ether oxygens (including phenoxy) is 1. The Labute approximate surface area is 221 Å². The Kier molecular flexibility index (Phi) is 15.4. The second kappa shape index (κ2) is 18.3. The average Bonchev–Trinajstić information content (AvgIpc) is 2.84. The van der Waals surface area contributed by atoms with Gasteiger partial charge in [-0.3, -0.25) is 0 Å².